The van der Waals surface area contributed by atoms with Crippen LogP contribution in [0.2, 0.25) is 0 Å². The topological polar surface area (TPSA) is 17.1 Å². The maximum atomic E-state index is 13.4. The molecule has 0 N–H and O–H groups in total. The van der Waals surface area contributed by atoms with Crippen LogP contribution in [0.25, 0.3) is 0 Å². The molecule has 2 aromatic rings. The van der Waals surface area contributed by atoms with Gasteiger partial charge in [-0.25, -0.2) is 8.78 Å². The minimum absolute atomic E-state index is 0.333. The second kappa shape index (κ2) is 5.78. The van der Waals surface area contributed by atoms with E-state index in [2.05, 4.69) is 0 Å². The van der Waals surface area contributed by atoms with Gasteiger partial charge >= 0.3 is 0 Å². The molecule has 92 valence electrons. The van der Waals surface area contributed by atoms with Crippen LogP contribution >= 0.6 is 11.8 Å². The third-order valence-corrected chi connectivity index (χ3v) is 3.48. The van der Waals surface area contributed by atoms with Crippen LogP contribution in [-0.4, -0.2) is 6.29 Å². The van der Waals surface area contributed by atoms with Gasteiger partial charge < -0.3 is 0 Å². The molecule has 0 heterocycles. The average Bonchev–Trinajstić information content (AvgIpc) is 2.40. The normalized spacial score (nSPS) is 10.3. The van der Waals surface area contributed by atoms with Gasteiger partial charge in [0.25, 0.3) is 0 Å². The van der Waals surface area contributed by atoms with Crippen molar-refractivity contribution in [3.63, 3.8) is 0 Å². The Morgan fingerprint density at radius 1 is 1.06 bits per heavy atom. The fourth-order valence-electron chi connectivity index (χ4n) is 1.46. The van der Waals surface area contributed by atoms with Crippen LogP contribution < -0.4 is 0 Å². The molecule has 0 fully saturated rings. The summed E-state index contributed by atoms with van der Waals surface area (Å²) in [6, 6.07) is 10.4. The van der Waals surface area contributed by atoms with E-state index in [0.717, 1.165) is 23.3 Å². The molecule has 0 radical (unpaired) electrons. The zero-order valence-electron chi connectivity index (χ0n) is 9.40. The molecule has 4 heteroatoms. The number of thioether (sulfide) groups is 1. The highest BCUT2D eigenvalue weighted by atomic mass is 32.2. The van der Waals surface area contributed by atoms with E-state index in [0.29, 0.717) is 16.9 Å². The van der Waals surface area contributed by atoms with Gasteiger partial charge in [0, 0.05) is 21.8 Å². The van der Waals surface area contributed by atoms with Crippen molar-refractivity contribution in [3.05, 3.63) is 65.2 Å². The molecule has 0 amide bonds. The molecule has 2 aromatic carbocycles. The number of halogens is 2. The van der Waals surface area contributed by atoms with Crippen LogP contribution in [0.15, 0.2) is 47.4 Å². The lowest BCUT2D eigenvalue weighted by Gasteiger charge is -2.04. The largest absolute Gasteiger partial charge is 0.298 e. The van der Waals surface area contributed by atoms with Gasteiger partial charge in [0.15, 0.2) is 0 Å². The fourth-order valence-corrected chi connectivity index (χ4v) is 2.33. The van der Waals surface area contributed by atoms with Crippen molar-refractivity contribution in [2.45, 2.75) is 10.6 Å². The molecule has 0 saturated carbocycles. The Bertz CT molecular complexity index is 552. The van der Waals surface area contributed by atoms with Gasteiger partial charge in [0.2, 0.25) is 0 Å². The third-order valence-electron chi connectivity index (χ3n) is 2.42. The molecular weight excluding hydrogens is 254 g/mol. The molecule has 0 atom stereocenters. The number of carbonyl (C=O) groups excluding carboxylic acids is 1. The summed E-state index contributed by atoms with van der Waals surface area (Å²) in [6.45, 7) is 0. The summed E-state index contributed by atoms with van der Waals surface area (Å²) in [4.78, 5) is 11.4. The number of benzene rings is 2. The first-order chi connectivity index (χ1) is 8.69. The number of rotatable bonds is 4. The third kappa shape index (κ3) is 3.17. The summed E-state index contributed by atoms with van der Waals surface area (Å²) < 4.78 is 26.3. The lowest BCUT2D eigenvalue weighted by atomic mass is 10.2. The Morgan fingerprint density at radius 2 is 1.78 bits per heavy atom. The van der Waals surface area contributed by atoms with Crippen LogP contribution in [0, 0.1) is 11.6 Å². The zero-order chi connectivity index (χ0) is 13.0. The fraction of sp³-hybridized carbons (Fsp3) is 0.0714. The molecule has 0 aromatic heterocycles. The number of hydrogen-bond acceptors (Lipinski definition) is 2. The molecule has 0 saturated heterocycles. The second-order valence-electron chi connectivity index (χ2n) is 3.71. The van der Waals surface area contributed by atoms with Crippen LogP contribution in [0.5, 0.6) is 0 Å². The van der Waals surface area contributed by atoms with Gasteiger partial charge in [-0.1, -0.05) is 12.1 Å². The van der Waals surface area contributed by atoms with Crippen molar-refractivity contribution in [1.82, 2.24) is 0 Å². The predicted molar refractivity (Wildman–Crippen MR) is 67.7 cm³/mol. The minimum Gasteiger partial charge on any atom is -0.298 e. The highest BCUT2D eigenvalue weighted by molar-refractivity contribution is 7.98. The van der Waals surface area contributed by atoms with Crippen molar-refractivity contribution >= 4 is 18.0 Å². The smallest absolute Gasteiger partial charge is 0.150 e. The maximum absolute atomic E-state index is 13.4. The zero-order valence-corrected chi connectivity index (χ0v) is 10.2. The monoisotopic (exact) mass is 264 g/mol. The molecular formula is C14H10F2OS. The van der Waals surface area contributed by atoms with Crippen LogP contribution in [0.1, 0.15) is 15.9 Å². The lowest BCUT2D eigenvalue weighted by Crippen LogP contribution is -1.89. The highest BCUT2D eigenvalue weighted by Gasteiger charge is 2.04. The van der Waals surface area contributed by atoms with Gasteiger partial charge in [-0.3, -0.25) is 4.79 Å². The second-order valence-corrected chi connectivity index (χ2v) is 4.76. The van der Waals surface area contributed by atoms with E-state index in [1.54, 1.807) is 24.3 Å². The standard InChI is InChI=1S/C14H10F2OS/c15-12-3-6-14(16)11(7-12)9-18-13-4-1-10(8-17)2-5-13/h1-8H,9H2. The van der Waals surface area contributed by atoms with Crippen LogP contribution in [0.4, 0.5) is 8.78 Å². The molecule has 0 aliphatic rings. The molecule has 0 unspecified atom stereocenters. The van der Waals surface area contributed by atoms with E-state index in [1.807, 2.05) is 0 Å². The summed E-state index contributed by atoms with van der Waals surface area (Å²) in [5, 5.41) is 0. The van der Waals surface area contributed by atoms with Gasteiger partial charge in [0.1, 0.15) is 17.9 Å². The van der Waals surface area contributed by atoms with Gasteiger partial charge in [-0.05, 0) is 30.3 Å². The van der Waals surface area contributed by atoms with Gasteiger partial charge in [0.05, 0.1) is 0 Å². The minimum atomic E-state index is -0.441. The van der Waals surface area contributed by atoms with E-state index in [-0.39, 0.29) is 0 Å². The molecule has 0 bridgehead atoms. The number of carbonyl (C=O) groups is 1. The molecule has 2 rings (SSSR count). The Kier molecular flexibility index (Phi) is 4.10. The van der Waals surface area contributed by atoms with E-state index < -0.39 is 11.6 Å². The molecule has 0 spiro atoms. The molecule has 0 aliphatic carbocycles. The Balaban J connectivity index is 2.06. The Morgan fingerprint density at radius 3 is 2.44 bits per heavy atom. The van der Waals surface area contributed by atoms with Crippen LogP contribution in [0.3, 0.4) is 0 Å². The summed E-state index contributed by atoms with van der Waals surface area (Å²) >= 11 is 1.39. The van der Waals surface area contributed by atoms with Gasteiger partial charge in [-0.2, -0.15) is 0 Å². The number of hydrogen-bond donors (Lipinski definition) is 0. The maximum Gasteiger partial charge on any atom is 0.150 e. The van der Waals surface area contributed by atoms with E-state index in [4.69, 9.17) is 0 Å². The van der Waals surface area contributed by atoms with Crippen molar-refractivity contribution in [2.75, 3.05) is 0 Å². The SMILES string of the molecule is O=Cc1ccc(SCc2cc(F)ccc2F)cc1. The summed E-state index contributed by atoms with van der Waals surface area (Å²) in [7, 11) is 0. The van der Waals surface area contributed by atoms with Crippen molar-refractivity contribution in [2.24, 2.45) is 0 Å². The Hall–Kier alpha value is -1.68. The predicted octanol–water partition coefficient (Wildman–Crippen LogP) is 4.07. The first kappa shape index (κ1) is 12.8. The number of aldehydes is 1. The van der Waals surface area contributed by atoms with Crippen molar-refractivity contribution in [1.29, 1.82) is 0 Å². The lowest BCUT2D eigenvalue weighted by molar-refractivity contribution is 0.112. The first-order valence-electron chi connectivity index (χ1n) is 5.31. The molecule has 1 nitrogen and oxygen atoms in total. The average molecular weight is 264 g/mol. The van der Waals surface area contributed by atoms with E-state index >= 15 is 0 Å². The van der Waals surface area contributed by atoms with E-state index in [9.17, 15) is 13.6 Å². The summed E-state index contributed by atoms with van der Waals surface area (Å²) in [5.41, 5.74) is 0.927. The molecule has 0 aliphatic heterocycles. The highest BCUT2D eigenvalue weighted by Crippen LogP contribution is 2.24. The quantitative estimate of drug-likeness (QED) is 0.611. The molecule has 18 heavy (non-hydrogen) atoms. The van der Waals surface area contributed by atoms with Crippen molar-refractivity contribution < 1.29 is 13.6 Å². The first-order valence-corrected chi connectivity index (χ1v) is 6.29. The summed E-state index contributed by atoms with van der Waals surface area (Å²) in [5.74, 6) is -0.499. The summed E-state index contributed by atoms with van der Waals surface area (Å²) in [6.07, 6.45) is 0.765. The van der Waals surface area contributed by atoms with Crippen molar-refractivity contribution in [3.8, 4) is 0 Å². The van der Waals surface area contributed by atoms with Crippen LogP contribution in [-0.2, 0) is 5.75 Å². The Labute approximate surface area is 108 Å². The van der Waals surface area contributed by atoms with E-state index in [1.165, 1.54) is 17.8 Å². The van der Waals surface area contributed by atoms with Gasteiger partial charge in [-0.15, -0.1) is 11.8 Å².